The minimum absolute atomic E-state index is 0.0144. The molecule has 0 heterocycles. The van der Waals surface area contributed by atoms with Gasteiger partial charge in [-0.1, -0.05) is 38.5 Å². The number of rotatable bonds is 6. The molecule has 0 aromatic heterocycles. The van der Waals surface area contributed by atoms with E-state index < -0.39 is 5.97 Å². The fourth-order valence-corrected chi connectivity index (χ4v) is 1.91. The van der Waals surface area contributed by atoms with Crippen LogP contribution in [0.2, 0.25) is 0 Å². The molecule has 1 aromatic rings. The van der Waals surface area contributed by atoms with E-state index in [-0.39, 0.29) is 11.7 Å². The molecule has 0 radical (unpaired) electrons. The Labute approximate surface area is 108 Å². The van der Waals surface area contributed by atoms with Gasteiger partial charge in [0.15, 0.2) is 5.78 Å². The van der Waals surface area contributed by atoms with E-state index in [1.165, 1.54) is 0 Å². The predicted molar refractivity (Wildman–Crippen MR) is 70.8 cm³/mol. The van der Waals surface area contributed by atoms with Gasteiger partial charge in [0.05, 0.1) is 12.2 Å². The second-order valence-corrected chi connectivity index (χ2v) is 4.32. The number of carbonyl (C=O) groups excluding carboxylic acids is 2. The highest BCUT2D eigenvalue weighted by Crippen LogP contribution is 2.18. The first-order valence-electron chi connectivity index (χ1n) is 6.42. The highest BCUT2D eigenvalue weighted by atomic mass is 16.5. The van der Waals surface area contributed by atoms with Gasteiger partial charge in [0, 0.05) is 11.5 Å². The van der Waals surface area contributed by atoms with E-state index in [0.717, 1.165) is 12.8 Å². The van der Waals surface area contributed by atoms with Crippen LogP contribution in [0.15, 0.2) is 24.3 Å². The zero-order chi connectivity index (χ0) is 13.5. The number of benzene rings is 1. The van der Waals surface area contributed by atoms with Crippen LogP contribution in [-0.4, -0.2) is 18.4 Å². The molecular formula is C15H20O3. The maximum absolute atomic E-state index is 12.3. The summed E-state index contributed by atoms with van der Waals surface area (Å²) in [6.45, 7) is 6.00. The topological polar surface area (TPSA) is 43.4 Å². The second-order valence-electron chi connectivity index (χ2n) is 4.32. The van der Waals surface area contributed by atoms with Crippen LogP contribution < -0.4 is 0 Å². The maximum Gasteiger partial charge on any atom is 0.338 e. The van der Waals surface area contributed by atoms with Crippen molar-refractivity contribution in [1.29, 1.82) is 0 Å². The van der Waals surface area contributed by atoms with E-state index in [4.69, 9.17) is 4.74 Å². The first-order chi connectivity index (χ1) is 8.61. The number of esters is 1. The van der Waals surface area contributed by atoms with Gasteiger partial charge in [-0.15, -0.1) is 0 Å². The van der Waals surface area contributed by atoms with Crippen molar-refractivity contribution in [1.82, 2.24) is 0 Å². The number of hydrogen-bond acceptors (Lipinski definition) is 3. The molecule has 0 aliphatic rings. The van der Waals surface area contributed by atoms with Crippen molar-refractivity contribution >= 4 is 11.8 Å². The summed E-state index contributed by atoms with van der Waals surface area (Å²) in [7, 11) is 0. The quantitative estimate of drug-likeness (QED) is 0.571. The number of hydrogen-bond donors (Lipinski definition) is 0. The molecule has 0 N–H and O–H groups in total. The zero-order valence-electron chi connectivity index (χ0n) is 11.2. The van der Waals surface area contributed by atoms with Gasteiger partial charge in [0.1, 0.15) is 0 Å². The summed E-state index contributed by atoms with van der Waals surface area (Å²) in [5.74, 6) is -0.476. The van der Waals surface area contributed by atoms with Gasteiger partial charge in [-0.05, 0) is 19.4 Å². The number of carbonyl (C=O) groups is 2. The van der Waals surface area contributed by atoms with E-state index in [9.17, 15) is 9.59 Å². The molecule has 0 spiro atoms. The minimum atomic E-state index is -0.426. The van der Waals surface area contributed by atoms with E-state index in [1.54, 1.807) is 31.2 Å². The van der Waals surface area contributed by atoms with Crippen molar-refractivity contribution in [3.8, 4) is 0 Å². The molecular weight excluding hydrogens is 228 g/mol. The third-order valence-corrected chi connectivity index (χ3v) is 2.86. The number of ketones is 1. The van der Waals surface area contributed by atoms with Crippen molar-refractivity contribution in [3.05, 3.63) is 35.4 Å². The van der Waals surface area contributed by atoms with Gasteiger partial charge in [0.25, 0.3) is 0 Å². The van der Waals surface area contributed by atoms with Gasteiger partial charge in [-0.3, -0.25) is 4.79 Å². The largest absolute Gasteiger partial charge is 0.462 e. The molecule has 18 heavy (non-hydrogen) atoms. The molecule has 1 rings (SSSR count). The lowest BCUT2D eigenvalue weighted by Crippen LogP contribution is -2.17. The van der Waals surface area contributed by atoms with Crippen LogP contribution in [0.25, 0.3) is 0 Å². The summed E-state index contributed by atoms with van der Waals surface area (Å²) in [5.41, 5.74) is 0.837. The van der Waals surface area contributed by atoms with Crippen LogP contribution in [0.3, 0.4) is 0 Å². The summed E-state index contributed by atoms with van der Waals surface area (Å²) in [4.78, 5) is 24.0. The van der Waals surface area contributed by atoms with Crippen LogP contribution in [0, 0.1) is 5.92 Å². The molecule has 3 heteroatoms. The van der Waals surface area contributed by atoms with Gasteiger partial charge < -0.3 is 4.74 Å². The Morgan fingerprint density at radius 3 is 2.33 bits per heavy atom. The Balaban J connectivity index is 3.01. The molecule has 0 bridgehead atoms. The molecule has 1 aromatic carbocycles. The van der Waals surface area contributed by atoms with E-state index in [2.05, 4.69) is 0 Å². The Morgan fingerprint density at radius 1 is 1.17 bits per heavy atom. The molecule has 98 valence electrons. The smallest absolute Gasteiger partial charge is 0.338 e. The Kier molecular flexibility index (Phi) is 5.56. The summed E-state index contributed by atoms with van der Waals surface area (Å²) >= 11 is 0. The van der Waals surface area contributed by atoms with Gasteiger partial charge in [-0.25, -0.2) is 4.79 Å². The molecule has 0 amide bonds. The van der Waals surface area contributed by atoms with Crippen molar-refractivity contribution in [2.24, 2.45) is 5.92 Å². The first-order valence-corrected chi connectivity index (χ1v) is 6.42. The van der Waals surface area contributed by atoms with Crippen molar-refractivity contribution in [2.75, 3.05) is 6.61 Å². The zero-order valence-corrected chi connectivity index (χ0v) is 11.2. The normalized spacial score (nSPS) is 11.9. The SMILES string of the molecule is CCCC(C)C(=O)c1ccccc1C(=O)OCC. The maximum atomic E-state index is 12.3. The molecule has 3 nitrogen and oxygen atoms in total. The third-order valence-electron chi connectivity index (χ3n) is 2.86. The Hall–Kier alpha value is -1.64. The minimum Gasteiger partial charge on any atom is -0.462 e. The van der Waals surface area contributed by atoms with Crippen LogP contribution in [0.4, 0.5) is 0 Å². The van der Waals surface area contributed by atoms with Gasteiger partial charge in [0.2, 0.25) is 0 Å². The van der Waals surface area contributed by atoms with Crippen molar-refractivity contribution < 1.29 is 14.3 Å². The second kappa shape index (κ2) is 6.94. The van der Waals surface area contributed by atoms with Crippen molar-refractivity contribution in [2.45, 2.75) is 33.6 Å². The molecule has 0 aliphatic carbocycles. The highest BCUT2D eigenvalue weighted by Gasteiger charge is 2.21. The monoisotopic (exact) mass is 248 g/mol. The molecule has 1 unspecified atom stereocenters. The highest BCUT2D eigenvalue weighted by molar-refractivity contribution is 6.07. The van der Waals surface area contributed by atoms with Crippen molar-refractivity contribution in [3.63, 3.8) is 0 Å². The fraction of sp³-hybridized carbons (Fsp3) is 0.467. The van der Waals surface area contributed by atoms with E-state index >= 15 is 0 Å². The standard InChI is InChI=1S/C15H20O3/c1-4-8-11(3)14(16)12-9-6-7-10-13(12)15(17)18-5-2/h6-7,9-11H,4-5,8H2,1-3H3. The number of ether oxygens (including phenoxy) is 1. The molecule has 0 saturated heterocycles. The predicted octanol–water partition coefficient (Wildman–Crippen LogP) is 3.48. The average molecular weight is 248 g/mol. The molecule has 1 atom stereocenters. The fourth-order valence-electron chi connectivity index (χ4n) is 1.91. The lowest BCUT2D eigenvalue weighted by atomic mass is 9.92. The van der Waals surface area contributed by atoms with Crippen LogP contribution in [-0.2, 0) is 4.74 Å². The molecule has 0 saturated carbocycles. The molecule has 0 fully saturated rings. The summed E-state index contributed by atoms with van der Waals surface area (Å²) in [6, 6.07) is 6.85. The van der Waals surface area contributed by atoms with Crippen LogP contribution >= 0.6 is 0 Å². The average Bonchev–Trinajstić information content (AvgIpc) is 2.38. The lowest BCUT2D eigenvalue weighted by Gasteiger charge is -2.12. The van der Waals surface area contributed by atoms with Gasteiger partial charge in [-0.2, -0.15) is 0 Å². The van der Waals surface area contributed by atoms with Crippen LogP contribution in [0.1, 0.15) is 54.3 Å². The molecule has 0 aliphatic heterocycles. The summed E-state index contributed by atoms with van der Waals surface area (Å²) < 4.78 is 4.97. The Bertz CT molecular complexity index is 424. The summed E-state index contributed by atoms with van der Waals surface area (Å²) in [6.07, 6.45) is 1.78. The third kappa shape index (κ3) is 3.42. The summed E-state index contributed by atoms with van der Waals surface area (Å²) in [5, 5.41) is 0. The van der Waals surface area contributed by atoms with Crippen LogP contribution in [0.5, 0.6) is 0 Å². The first kappa shape index (κ1) is 14.4. The van der Waals surface area contributed by atoms with E-state index in [0.29, 0.717) is 17.7 Å². The van der Waals surface area contributed by atoms with Gasteiger partial charge >= 0.3 is 5.97 Å². The van der Waals surface area contributed by atoms with E-state index in [1.807, 2.05) is 13.8 Å². The Morgan fingerprint density at radius 2 is 1.78 bits per heavy atom. The lowest BCUT2D eigenvalue weighted by molar-refractivity contribution is 0.0522. The number of Topliss-reactive ketones (excluding diaryl/α,β-unsaturated/α-hetero) is 1.